The van der Waals surface area contributed by atoms with Crippen LogP contribution in [0, 0.1) is 0 Å². The van der Waals surface area contributed by atoms with Crippen molar-refractivity contribution in [2.45, 2.75) is 57.0 Å². The molecule has 1 aromatic heterocycles. The highest BCUT2D eigenvalue weighted by molar-refractivity contribution is 5.77. The molecule has 0 atom stereocenters. The SMILES string of the molecule is O=C(NC1CCN(c2cccnn2)CC1)N1CCC(N2CCCCC2=O)CC1. The van der Waals surface area contributed by atoms with E-state index >= 15 is 0 Å². The van der Waals surface area contributed by atoms with Gasteiger partial charge in [0.25, 0.3) is 0 Å². The van der Waals surface area contributed by atoms with Crippen molar-refractivity contribution in [1.82, 2.24) is 25.3 Å². The van der Waals surface area contributed by atoms with Crippen LogP contribution in [-0.4, -0.2) is 76.7 Å². The molecule has 0 saturated carbocycles. The van der Waals surface area contributed by atoms with E-state index in [1.54, 1.807) is 6.20 Å². The molecule has 3 amide bonds. The molecule has 0 radical (unpaired) electrons. The molecule has 0 bridgehead atoms. The van der Waals surface area contributed by atoms with Crippen molar-refractivity contribution in [1.29, 1.82) is 0 Å². The van der Waals surface area contributed by atoms with E-state index in [1.807, 2.05) is 17.0 Å². The lowest BCUT2D eigenvalue weighted by Gasteiger charge is -2.41. The number of rotatable bonds is 3. The number of carbonyl (C=O) groups excluding carboxylic acids is 2. The Morgan fingerprint density at radius 2 is 1.82 bits per heavy atom. The number of piperidine rings is 3. The number of carbonyl (C=O) groups is 2. The Labute approximate surface area is 166 Å². The molecule has 1 N–H and O–H groups in total. The van der Waals surface area contributed by atoms with Crippen LogP contribution in [0.1, 0.15) is 44.9 Å². The zero-order valence-corrected chi connectivity index (χ0v) is 16.4. The zero-order chi connectivity index (χ0) is 19.3. The number of anilines is 1. The van der Waals surface area contributed by atoms with Crippen LogP contribution in [0.2, 0.25) is 0 Å². The van der Waals surface area contributed by atoms with Gasteiger partial charge < -0.3 is 20.0 Å². The number of urea groups is 1. The maximum absolute atomic E-state index is 12.7. The third kappa shape index (κ3) is 4.36. The predicted molar refractivity (Wildman–Crippen MR) is 106 cm³/mol. The van der Waals surface area contributed by atoms with E-state index in [0.29, 0.717) is 18.4 Å². The molecule has 152 valence electrons. The van der Waals surface area contributed by atoms with Gasteiger partial charge in [0, 0.05) is 57.4 Å². The summed E-state index contributed by atoms with van der Waals surface area (Å²) >= 11 is 0. The van der Waals surface area contributed by atoms with Crippen molar-refractivity contribution in [3.63, 3.8) is 0 Å². The maximum Gasteiger partial charge on any atom is 0.317 e. The molecule has 0 aliphatic carbocycles. The van der Waals surface area contributed by atoms with Crippen molar-refractivity contribution in [2.24, 2.45) is 0 Å². The van der Waals surface area contributed by atoms with Gasteiger partial charge in [-0.05, 0) is 50.7 Å². The topological polar surface area (TPSA) is 81.7 Å². The normalized spacial score (nSPS) is 22.4. The third-order valence-electron chi connectivity index (χ3n) is 6.26. The minimum atomic E-state index is 0.0429. The largest absolute Gasteiger partial charge is 0.355 e. The Balaban J connectivity index is 1.20. The number of nitrogens with one attached hydrogen (secondary N) is 1. The van der Waals surface area contributed by atoms with Crippen LogP contribution in [-0.2, 0) is 4.79 Å². The minimum absolute atomic E-state index is 0.0429. The van der Waals surface area contributed by atoms with Crippen LogP contribution >= 0.6 is 0 Å². The standard InChI is InChI=1S/C20H30N6O2/c27-19-5-1-2-11-26(19)17-8-14-25(15-9-17)20(28)22-16-6-12-24(13-7-16)18-4-3-10-21-23-18/h3-4,10,16-17H,1-2,5-9,11-15H2,(H,22,28). The summed E-state index contributed by atoms with van der Waals surface area (Å²) in [4.78, 5) is 31.0. The maximum atomic E-state index is 12.7. The zero-order valence-electron chi connectivity index (χ0n) is 16.4. The van der Waals surface area contributed by atoms with Gasteiger partial charge >= 0.3 is 6.03 Å². The van der Waals surface area contributed by atoms with E-state index in [-0.39, 0.29) is 12.1 Å². The second kappa shape index (κ2) is 8.75. The second-order valence-electron chi connectivity index (χ2n) is 8.06. The molecule has 4 heterocycles. The van der Waals surface area contributed by atoms with Crippen LogP contribution < -0.4 is 10.2 Å². The lowest BCUT2D eigenvalue weighted by Crippen LogP contribution is -2.54. The Morgan fingerprint density at radius 3 is 2.50 bits per heavy atom. The van der Waals surface area contributed by atoms with Crippen LogP contribution in [0.25, 0.3) is 0 Å². The van der Waals surface area contributed by atoms with Crippen LogP contribution in [0.4, 0.5) is 10.6 Å². The molecule has 0 unspecified atom stereocenters. The van der Waals surface area contributed by atoms with Gasteiger partial charge in [0.05, 0.1) is 0 Å². The number of amides is 3. The average molecular weight is 387 g/mol. The van der Waals surface area contributed by atoms with E-state index in [1.165, 1.54) is 0 Å². The molecule has 8 heteroatoms. The first kappa shape index (κ1) is 19.0. The van der Waals surface area contributed by atoms with Crippen molar-refractivity contribution in [3.05, 3.63) is 18.3 Å². The number of likely N-dealkylation sites (tertiary alicyclic amines) is 2. The number of hydrogen-bond acceptors (Lipinski definition) is 5. The smallest absolute Gasteiger partial charge is 0.317 e. The first-order chi connectivity index (χ1) is 13.7. The monoisotopic (exact) mass is 386 g/mol. The van der Waals surface area contributed by atoms with E-state index in [4.69, 9.17) is 0 Å². The molecule has 0 spiro atoms. The van der Waals surface area contributed by atoms with Gasteiger partial charge in [0.2, 0.25) is 5.91 Å². The molecule has 0 aromatic carbocycles. The fourth-order valence-electron chi connectivity index (χ4n) is 4.57. The number of nitrogens with zero attached hydrogens (tertiary/aromatic N) is 5. The summed E-state index contributed by atoms with van der Waals surface area (Å²) in [5, 5.41) is 11.3. The van der Waals surface area contributed by atoms with Gasteiger partial charge in [-0.3, -0.25) is 4.79 Å². The summed E-state index contributed by atoms with van der Waals surface area (Å²) in [7, 11) is 0. The quantitative estimate of drug-likeness (QED) is 0.854. The molecular weight excluding hydrogens is 356 g/mol. The van der Waals surface area contributed by atoms with E-state index < -0.39 is 0 Å². The van der Waals surface area contributed by atoms with Crippen LogP contribution in [0.3, 0.4) is 0 Å². The summed E-state index contributed by atoms with van der Waals surface area (Å²) in [6.07, 6.45) is 8.12. The molecule has 3 aliphatic rings. The molecule has 28 heavy (non-hydrogen) atoms. The highest BCUT2D eigenvalue weighted by Gasteiger charge is 2.31. The molecular formula is C20H30N6O2. The van der Waals surface area contributed by atoms with Crippen LogP contribution in [0.15, 0.2) is 18.3 Å². The predicted octanol–water partition coefficient (Wildman–Crippen LogP) is 1.63. The van der Waals surface area contributed by atoms with E-state index in [9.17, 15) is 9.59 Å². The number of aromatic nitrogens is 2. The fraction of sp³-hybridized carbons (Fsp3) is 0.700. The average Bonchev–Trinajstić information content (AvgIpc) is 2.75. The first-order valence-electron chi connectivity index (χ1n) is 10.6. The van der Waals surface area contributed by atoms with E-state index in [0.717, 1.165) is 77.1 Å². The van der Waals surface area contributed by atoms with Gasteiger partial charge in [-0.25, -0.2) is 4.79 Å². The minimum Gasteiger partial charge on any atom is -0.355 e. The lowest BCUT2D eigenvalue weighted by atomic mass is 9.99. The highest BCUT2D eigenvalue weighted by atomic mass is 16.2. The molecule has 4 rings (SSSR count). The Hall–Kier alpha value is -2.38. The summed E-state index contributed by atoms with van der Waals surface area (Å²) in [5.74, 6) is 1.20. The third-order valence-corrected chi connectivity index (χ3v) is 6.26. The van der Waals surface area contributed by atoms with Gasteiger partial charge in [-0.15, -0.1) is 5.10 Å². The summed E-state index contributed by atoms with van der Waals surface area (Å²) in [6, 6.07) is 4.44. The van der Waals surface area contributed by atoms with Crippen molar-refractivity contribution in [3.8, 4) is 0 Å². The summed E-state index contributed by atoms with van der Waals surface area (Å²) in [5.41, 5.74) is 0. The van der Waals surface area contributed by atoms with Gasteiger partial charge in [0.1, 0.15) is 0 Å². The Morgan fingerprint density at radius 1 is 1.04 bits per heavy atom. The Bertz CT molecular complexity index is 669. The van der Waals surface area contributed by atoms with Crippen molar-refractivity contribution < 1.29 is 9.59 Å². The second-order valence-corrected chi connectivity index (χ2v) is 8.06. The van der Waals surface area contributed by atoms with E-state index in [2.05, 4.69) is 25.3 Å². The molecule has 8 nitrogen and oxygen atoms in total. The lowest BCUT2D eigenvalue weighted by molar-refractivity contribution is -0.136. The number of hydrogen-bond donors (Lipinski definition) is 1. The van der Waals surface area contributed by atoms with Gasteiger partial charge in [-0.2, -0.15) is 5.10 Å². The fourth-order valence-corrected chi connectivity index (χ4v) is 4.57. The summed E-state index contributed by atoms with van der Waals surface area (Å²) < 4.78 is 0. The van der Waals surface area contributed by atoms with Gasteiger partial charge in [-0.1, -0.05) is 0 Å². The van der Waals surface area contributed by atoms with Crippen molar-refractivity contribution in [2.75, 3.05) is 37.6 Å². The van der Waals surface area contributed by atoms with Gasteiger partial charge in [0.15, 0.2) is 5.82 Å². The highest BCUT2D eigenvalue weighted by Crippen LogP contribution is 2.22. The summed E-state index contributed by atoms with van der Waals surface area (Å²) in [6.45, 7) is 4.11. The molecule has 1 aromatic rings. The molecule has 3 fully saturated rings. The molecule has 3 aliphatic heterocycles. The Kier molecular flexibility index (Phi) is 5.92. The van der Waals surface area contributed by atoms with Crippen LogP contribution in [0.5, 0.6) is 0 Å². The van der Waals surface area contributed by atoms with Crippen molar-refractivity contribution >= 4 is 17.8 Å². The first-order valence-corrected chi connectivity index (χ1v) is 10.6. The molecule has 3 saturated heterocycles.